The van der Waals surface area contributed by atoms with Crippen LogP contribution in [0, 0.1) is 46.3 Å². The lowest BCUT2D eigenvalue weighted by Crippen LogP contribution is -2.51. The third kappa shape index (κ3) is 3.52. The van der Waals surface area contributed by atoms with Crippen LogP contribution in [0.3, 0.4) is 0 Å². The summed E-state index contributed by atoms with van der Waals surface area (Å²) in [4.78, 5) is 13.0. The van der Waals surface area contributed by atoms with Gasteiger partial charge >= 0.3 is 0 Å². The lowest BCUT2D eigenvalue weighted by Gasteiger charge is -2.58. The Morgan fingerprint density at radius 1 is 1.13 bits per heavy atom. The first-order valence-electron chi connectivity index (χ1n) is 12.7. The molecule has 0 aliphatic heterocycles. The maximum atomic E-state index is 13.0. The molecular formula is C27H44O3. The summed E-state index contributed by atoms with van der Waals surface area (Å²) in [6.07, 6.45) is 10.7. The number of carbonyl (C=O) groups excluding carboxylic acids is 1. The van der Waals surface area contributed by atoms with Crippen LogP contribution >= 0.6 is 0 Å². The van der Waals surface area contributed by atoms with Crippen LogP contribution in [0.1, 0.15) is 92.4 Å². The van der Waals surface area contributed by atoms with E-state index in [1.165, 1.54) is 12.0 Å². The second-order valence-corrected chi connectivity index (χ2v) is 12.2. The third-order valence-electron chi connectivity index (χ3n) is 10.2. The number of aliphatic hydroxyl groups excluding tert-OH is 2. The lowest BCUT2D eigenvalue weighted by molar-refractivity contribution is -0.129. The van der Waals surface area contributed by atoms with Crippen molar-refractivity contribution in [2.45, 2.75) is 105 Å². The Hall–Kier alpha value is -0.670. The third-order valence-corrected chi connectivity index (χ3v) is 10.2. The number of allylic oxidation sites excluding steroid dienone is 1. The molecule has 4 rings (SSSR count). The molecule has 30 heavy (non-hydrogen) atoms. The molecule has 0 spiro atoms. The van der Waals surface area contributed by atoms with Crippen LogP contribution in [0.15, 0.2) is 11.6 Å². The maximum absolute atomic E-state index is 13.0. The van der Waals surface area contributed by atoms with Crippen molar-refractivity contribution in [2.75, 3.05) is 0 Å². The molecule has 3 fully saturated rings. The van der Waals surface area contributed by atoms with E-state index in [-0.39, 0.29) is 34.9 Å². The molecule has 0 amide bonds. The van der Waals surface area contributed by atoms with Crippen molar-refractivity contribution in [3.8, 4) is 0 Å². The number of ketones is 1. The van der Waals surface area contributed by atoms with Gasteiger partial charge in [-0.15, -0.1) is 0 Å². The number of carbonyl (C=O) groups is 1. The summed E-state index contributed by atoms with van der Waals surface area (Å²) < 4.78 is 0. The smallest absolute Gasteiger partial charge is 0.136 e. The maximum Gasteiger partial charge on any atom is 0.136 e. The summed E-state index contributed by atoms with van der Waals surface area (Å²) in [6, 6.07) is 0. The summed E-state index contributed by atoms with van der Waals surface area (Å²) in [5, 5.41) is 21.4. The Kier molecular flexibility index (Phi) is 6.03. The SMILES string of the molecule is CC(C)CCC(=O)[C@@H](C)[C@H]1[C@@H](O)C[C@H]2[C@@H]3CC=C4C[C@@H](O)CC[C@]4(C)[C@H]3CC[C@]12C. The van der Waals surface area contributed by atoms with Gasteiger partial charge in [0.15, 0.2) is 0 Å². The summed E-state index contributed by atoms with van der Waals surface area (Å²) in [6.45, 7) is 11.3. The molecule has 3 saturated carbocycles. The van der Waals surface area contributed by atoms with Crippen LogP contribution in [0.25, 0.3) is 0 Å². The second kappa shape index (κ2) is 8.03. The molecule has 3 nitrogen and oxygen atoms in total. The highest BCUT2D eigenvalue weighted by Gasteiger charge is 2.62. The van der Waals surface area contributed by atoms with Crippen molar-refractivity contribution < 1.29 is 15.0 Å². The summed E-state index contributed by atoms with van der Waals surface area (Å²) in [5.74, 6) is 2.77. The Labute approximate surface area is 183 Å². The van der Waals surface area contributed by atoms with Gasteiger partial charge in [0.25, 0.3) is 0 Å². The number of hydrogen-bond acceptors (Lipinski definition) is 3. The molecule has 4 aliphatic carbocycles. The van der Waals surface area contributed by atoms with Gasteiger partial charge in [0.1, 0.15) is 5.78 Å². The standard InChI is InChI=1S/C27H44O3/c1-16(2)6-9-23(29)17(3)25-24(30)15-22-20-8-7-18-14-19(28)10-12-26(18,4)21(20)11-13-27(22,25)5/h7,16-17,19-22,24-25,28,30H,6,8-15H2,1-5H3/t17-,19+,20-,21+,22+,24+,25+,26+,27+/m1/s1. The van der Waals surface area contributed by atoms with E-state index in [4.69, 9.17) is 0 Å². The van der Waals surface area contributed by atoms with Crippen LogP contribution in [0.4, 0.5) is 0 Å². The minimum absolute atomic E-state index is 0.0413. The Bertz CT molecular complexity index is 696. The predicted molar refractivity (Wildman–Crippen MR) is 121 cm³/mol. The van der Waals surface area contributed by atoms with E-state index in [2.05, 4.69) is 40.7 Å². The van der Waals surface area contributed by atoms with Gasteiger partial charge < -0.3 is 10.2 Å². The monoisotopic (exact) mass is 416 g/mol. The van der Waals surface area contributed by atoms with Gasteiger partial charge in [0, 0.05) is 12.3 Å². The van der Waals surface area contributed by atoms with Crippen molar-refractivity contribution in [3.63, 3.8) is 0 Å². The van der Waals surface area contributed by atoms with Gasteiger partial charge in [-0.1, -0.05) is 46.3 Å². The van der Waals surface area contributed by atoms with Gasteiger partial charge in [0.2, 0.25) is 0 Å². The lowest BCUT2D eigenvalue weighted by atomic mass is 9.47. The Morgan fingerprint density at radius 3 is 2.57 bits per heavy atom. The Morgan fingerprint density at radius 2 is 1.87 bits per heavy atom. The fraction of sp³-hybridized carbons (Fsp3) is 0.889. The fourth-order valence-electron chi connectivity index (χ4n) is 8.46. The topological polar surface area (TPSA) is 57.5 Å². The van der Waals surface area contributed by atoms with Crippen LogP contribution in [-0.2, 0) is 4.79 Å². The van der Waals surface area contributed by atoms with Gasteiger partial charge in [-0.05, 0) is 91.8 Å². The number of rotatable bonds is 5. The molecule has 4 aliphatic rings. The predicted octanol–water partition coefficient (Wildman–Crippen LogP) is 5.54. The molecule has 0 heterocycles. The number of Topliss-reactive ketones (excluding diaryl/α,β-unsaturated/α-hetero) is 1. The van der Waals surface area contributed by atoms with Gasteiger partial charge in [-0.3, -0.25) is 4.79 Å². The van der Waals surface area contributed by atoms with Crippen molar-refractivity contribution in [1.29, 1.82) is 0 Å². The average Bonchev–Trinajstić information content (AvgIpc) is 2.96. The molecule has 0 saturated heterocycles. The molecular weight excluding hydrogens is 372 g/mol. The molecule has 9 atom stereocenters. The van der Waals surface area contributed by atoms with Crippen LogP contribution < -0.4 is 0 Å². The van der Waals surface area contributed by atoms with E-state index >= 15 is 0 Å². The quantitative estimate of drug-likeness (QED) is 0.579. The van der Waals surface area contributed by atoms with Crippen molar-refractivity contribution in [2.24, 2.45) is 46.3 Å². The molecule has 3 heteroatoms. The van der Waals surface area contributed by atoms with Crippen LogP contribution in [-0.4, -0.2) is 28.2 Å². The average molecular weight is 417 g/mol. The molecule has 0 aromatic heterocycles. The first-order chi connectivity index (χ1) is 14.1. The minimum Gasteiger partial charge on any atom is -0.393 e. The van der Waals surface area contributed by atoms with Crippen LogP contribution in [0.5, 0.6) is 0 Å². The highest BCUT2D eigenvalue weighted by atomic mass is 16.3. The van der Waals surface area contributed by atoms with Crippen molar-refractivity contribution >= 4 is 5.78 Å². The molecule has 2 N–H and O–H groups in total. The van der Waals surface area contributed by atoms with E-state index in [9.17, 15) is 15.0 Å². The van der Waals surface area contributed by atoms with Crippen molar-refractivity contribution in [3.05, 3.63) is 11.6 Å². The van der Waals surface area contributed by atoms with E-state index in [1.807, 2.05) is 0 Å². The molecule has 0 radical (unpaired) electrons. The normalized spacial score (nSPS) is 46.6. The van der Waals surface area contributed by atoms with E-state index in [0.29, 0.717) is 35.9 Å². The van der Waals surface area contributed by atoms with E-state index in [1.54, 1.807) is 0 Å². The fourth-order valence-corrected chi connectivity index (χ4v) is 8.46. The molecule has 0 bridgehead atoms. The zero-order valence-electron chi connectivity index (χ0n) is 19.9. The van der Waals surface area contributed by atoms with Gasteiger partial charge in [-0.25, -0.2) is 0 Å². The summed E-state index contributed by atoms with van der Waals surface area (Å²) in [7, 11) is 0. The van der Waals surface area contributed by atoms with Gasteiger partial charge in [-0.2, -0.15) is 0 Å². The second-order valence-electron chi connectivity index (χ2n) is 12.2. The van der Waals surface area contributed by atoms with Crippen LogP contribution in [0.2, 0.25) is 0 Å². The Balaban J connectivity index is 1.56. The highest BCUT2D eigenvalue weighted by Crippen LogP contribution is 2.67. The zero-order valence-corrected chi connectivity index (χ0v) is 19.9. The molecule has 0 aromatic rings. The summed E-state index contributed by atoms with van der Waals surface area (Å²) in [5.41, 5.74) is 1.80. The first kappa shape index (κ1) is 22.5. The van der Waals surface area contributed by atoms with E-state index in [0.717, 1.165) is 44.9 Å². The summed E-state index contributed by atoms with van der Waals surface area (Å²) >= 11 is 0. The largest absolute Gasteiger partial charge is 0.393 e. The number of fused-ring (bicyclic) bond motifs is 5. The molecule has 170 valence electrons. The minimum atomic E-state index is -0.344. The van der Waals surface area contributed by atoms with E-state index < -0.39 is 0 Å². The highest BCUT2D eigenvalue weighted by molar-refractivity contribution is 5.81. The van der Waals surface area contributed by atoms with Crippen molar-refractivity contribution in [1.82, 2.24) is 0 Å². The number of aliphatic hydroxyl groups is 2. The number of hydrogen-bond donors (Lipinski definition) is 2. The zero-order chi connectivity index (χ0) is 21.8. The van der Waals surface area contributed by atoms with Gasteiger partial charge in [0.05, 0.1) is 12.2 Å². The molecule has 0 aromatic carbocycles. The molecule has 0 unspecified atom stereocenters. The first-order valence-corrected chi connectivity index (χ1v) is 12.7.